The molecule has 0 unspecified atom stereocenters. The quantitative estimate of drug-likeness (QED) is 0.860. The highest BCUT2D eigenvalue weighted by Crippen LogP contribution is 2.20. The lowest BCUT2D eigenvalue weighted by molar-refractivity contribution is 0.229. The van der Waals surface area contributed by atoms with Crippen LogP contribution in [0.2, 0.25) is 0 Å². The van der Waals surface area contributed by atoms with Crippen LogP contribution in [0.15, 0.2) is 6.20 Å². The number of fused-ring (bicyclic) bond motifs is 1. The van der Waals surface area contributed by atoms with Gasteiger partial charge in [-0.05, 0) is 39.8 Å². The van der Waals surface area contributed by atoms with Gasteiger partial charge in [0.2, 0.25) is 0 Å². The molecular formula is C15H24N4S. The number of aromatic nitrogens is 2. The highest BCUT2D eigenvalue weighted by atomic mass is 32.1. The van der Waals surface area contributed by atoms with E-state index in [4.69, 9.17) is 0 Å². The summed E-state index contributed by atoms with van der Waals surface area (Å²) in [5, 5.41) is 3.58. The maximum absolute atomic E-state index is 4.63. The van der Waals surface area contributed by atoms with Gasteiger partial charge in [-0.1, -0.05) is 6.42 Å². The van der Waals surface area contributed by atoms with Crippen LogP contribution in [0.3, 0.4) is 0 Å². The van der Waals surface area contributed by atoms with Crippen molar-refractivity contribution in [3.63, 3.8) is 0 Å². The minimum Gasteiger partial charge on any atom is -0.310 e. The zero-order valence-corrected chi connectivity index (χ0v) is 13.3. The molecule has 0 atom stereocenters. The number of piperidine rings is 1. The second kappa shape index (κ2) is 6.24. The van der Waals surface area contributed by atoms with Crippen molar-refractivity contribution >= 4 is 16.3 Å². The molecule has 5 heteroatoms. The minimum atomic E-state index is 0.914. The number of hydrogen-bond acceptors (Lipinski definition) is 4. The number of likely N-dealkylation sites (tertiary alicyclic amines) is 1. The topological polar surface area (TPSA) is 32.6 Å². The molecule has 4 nitrogen and oxygen atoms in total. The van der Waals surface area contributed by atoms with Gasteiger partial charge in [0.1, 0.15) is 0 Å². The van der Waals surface area contributed by atoms with Crippen molar-refractivity contribution in [1.29, 1.82) is 0 Å². The first-order chi connectivity index (χ1) is 9.74. The maximum atomic E-state index is 4.63. The molecule has 2 aromatic heterocycles. The van der Waals surface area contributed by atoms with E-state index in [2.05, 4.69) is 39.6 Å². The first-order valence-electron chi connectivity index (χ1n) is 7.61. The largest absolute Gasteiger partial charge is 0.310 e. The molecular weight excluding hydrogens is 268 g/mol. The van der Waals surface area contributed by atoms with Crippen LogP contribution < -0.4 is 5.32 Å². The summed E-state index contributed by atoms with van der Waals surface area (Å²) in [5.41, 5.74) is 2.46. The molecule has 1 fully saturated rings. The van der Waals surface area contributed by atoms with Crippen LogP contribution >= 0.6 is 11.3 Å². The predicted molar refractivity (Wildman–Crippen MR) is 84.5 cm³/mol. The Morgan fingerprint density at radius 1 is 1.25 bits per heavy atom. The lowest BCUT2D eigenvalue weighted by Gasteiger charge is -2.26. The third-order valence-corrected chi connectivity index (χ3v) is 4.98. The maximum Gasteiger partial charge on any atom is 0.194 e. The molecule has 0 spiro atoms. The van der Waals surface area contributed by atoms with Gasteiger partial charge in [-0.2, -0.15) is 0 Å². The van der Waals surface area contributed by atoms with Crippen LogP contribution in [0.4, 0.5) is 0 Å². The molecule has 0 aliphatic carbocycles. The summed E-state index contributed by atoms with van der Waals surface area (Å²) in [4.78, 5) is 9.65. The molecule has 0 saturated carbocycles. The van der Waals surface area contributed by atoms with Crippen molar-refractivity contribution < 1.29 is 0 Å². The van der Waals surface area contributed by atoms with Crippen LogP contribution in [-0.2, 0) is 6.54 Å². The highest BCUT2D eigenvalue weighted by Gasteiger charge is 2.12. The van der Waals surface area contributed by atoms with E-state index < -0.39 is 0 Å². The lowest BCUT2D eigenvalue weighted by atomic mass is 10.1. The molecule has 0 bridgehead atoms. The Hall–Kier alpha value is -0.910. The molecule has 1 N–H and O–H groups in total. The van der Waals surface area contributed by atoms with Crippen LogP contribution in [-0.4, -0.2) is 40.5 Å². The molecule has 1 saturated heterocycles. The number of hydrogen-bond donors (Lipinski definition) is 1. The van der Waals surface area contributed by atoms with Crippen molar-refractivity contribution in [3.05, 3.63) is 22.5 Å². The van der Waals surface area contributed by atoms with E-state index in [1.807, 2.05) is 0 Å². The zero-order chi connectivity index (χ0) is 13.9. The summed E-state index contributed by atoms with van der Waals surface area (Å²) >= 11 is 1.76. The summed E-state index contributed by atoms with van der Waals surface area (Å²) in [6.07, 6.45) is 6.35. The Bertz CT molecular complexity index is 566. The third kappa shape index (κ3) is 3.05. The Balaban J connectivity index is 1.52. The normalized spacial score (nSPS) is 17.1. The van der Waals surface area contributed by atoms with Gasteiger partial charge in [0, 0.05) is 30.7 Å². The second-order valence-corrected chi connectivity index (χ2v) is 6.93. The van der Waals surface area contributed by atoms with Crippen LogP contribution in [0.25, 0.3) is 4.96 Å². The van der Waals surface area contributed by atoms with Crippen molar-refractivity contribution in [1.82, 2.24) is 19.6 Å². The molecule has 0 aromatic carbocycles. The summed E-state index contributed by atoms with van der Waals surface area (Å²) in [5.74, 6) is 0. The Labute approximate surface area is 124 Å². The fourth-order valence-corrected chi connectivity index (χ4v) is 3.84. The molecule has 3 heterocycles. The van der Waals surface area contributed by atoms with Crippen molar-refractivity contribution in [2.45, 2.75) is 39.7 Å². The lowest BCUT2D eigenvalue weighted by Crippen LogP contribution is -2.35. The van der Waals surface area contributed by atoms with Crippen LogP contribution in [0.1, 0.15) is 35.5 Å². The monoisotopic (exact) mass is 292 g/mol. The second-order valence-electron chi connectivity index (χ2n) is 5.72. The molecule has 2 aromatic rings. The molecule has 1 aliphatic heterocycles. The summed E-state index contributed by atoms with van der Waals surface area (Å²) in [6, 6.07) is 0. The van der Waals surface area contributed by atoms with Gasteiger partial charge >= 0.3 is 0 Å². The fraction of sp³-hybridized carbons (Fsp3) is 0.667. The van der Waals surface area contributed by atoms with E-state index in [1.165, 1.54) is 49.5 Å². The molecule has 20 heavy (non-hydrogen) atoms. The van der Waals surface area contributed by atoms with E-state index >= 15 is 0 Å². The average Bonchev–Trinajstić information content (AvgIpc) is 2.92. The van der Waals surface area contributed by atoms with Gasteiger partial charge in [-0.3, -0.25) is 4.40 Å². The fourth-order valence-electron chi connectivity index (χ4n) is 2.95. The Kier molecular flexibility index (Phi) is 4.38. The van der Waals surface area contributed by atoms with Gasteiger partial charge < -0.3 is 10.2 Å². The number of nitrogens with one attached hydrogen (secondary N) is 1. The summed E-state index contributed by atoms with van der Waals surface area (Å²) in [6.45, 7) is 9.96. The van der Waals surface area contributed by atoms with Gasteiger partial charge in [-0.25, -0.2) is 4.98 Å². The van der Waals surface area contributed by atoms with Gasteiger partial charge in [0.25, 0.3) is 0 Å². The molecule has 0 radical (unpaired) electrons. The number of aryl methyl sites for hydroxylation is 2. The van der Waals surface area contributed by atoms with E-state index in [-0.39, 0.29) is 0 Å². The van der Waals surface area contributed by atoms with Gasteiger partial charge in [0.15, 0.2) is 4.96 Å². The van der Waals surface area contributed by atoms with E-state index in [0.29, 0.717) is 0 Å². The molecule has 3 rings (SSSR count). The van der Waals surface area contributed by atoms with E-state index in [1.54, 1.807) is 11.3 Å². The van der Waals surface area contributed by atoms with Gasteiger partial charge in [0.05, 0.1) is 11.4 Å². The van der Waals surface area contributed by atoms with Crippen LogP contribution in [0.5, 0.6) is 0 Å². The summed E-state index contributed by atoms with van der Waals surface area (Å²) < 4.78 is 2.24. The first-order valence-corrected chi connectivity index (χ1v) is 8.43. The molecule has 0 amide bonds. The Morgan fingerprint density at radius 2 is 2.05 bits per heavy atom. The standard InChI is InChI=1S/C15H24N4S/c1-12-11-19-14(13(2)17-15(19)20-12)10-16-6-9-18-7-4-3-5-8-18/h11,16H,3-10H2,1-2H3. The number of imidazole rings is 1. The number of rotatable bonds is 5. The van der Waals surface area contributed by atoms with E-state index in [9.17, 15) is 0 Å². The predicted octanol–water partition coefficient (Wildman–Crippen LogP) is 2.59. The first kappa shape index (κ1) is 14.0. The van der Waals surface area contributed by atoms with Crippen molar-refractivity contribution in [3.8, 4) is 0 Å². The Morgan fingerprint density at radius 3 is 2.85 bits per heavy atom. The smallest absolute Gasteiger partial charge is 0.194 e. The third-order valence-electron chi connectivity index (χ3n) is 4.09. The number of thiazole rings is 1. The van der Waals surface area contributed by atoms with Crippen molar-refractivity contribution in [2.24, 2.45) is 0 Å². The number of nitrogens with zero attached hydrogens (tertiary/aromatic N) is 3. The molecule has 1 aliphatic rings. The van der Waals surface area contributed by atoms with Crippen LogP contribution in [0, 0.1) is 13.8 Å². The van der Waals surface area contributed by atoms with Gasteiger partial charge in [-0.15, -0.1) is 11.3 Å². The van der Waals surface area contributed by atoms with Crippen molar-refractivity contribution in [2.75, 3.05) is 26.2 Å². The molecule has 110 valence electrons. The average molecular weight is 292 g/mol. The SMILES string of the molecule is Cc1cn2c(CNCCN3CCCCC3)c(C)nc2s1. The zero-order valence-electron chi connectivity index (χ0n) is 12.5. The minimum absolute atomic E-state index is 0.914. The highest BCUT2D eigenvalue weighted by molar-refractivity contribution is 7.17. The summed E-state index contributed by atoms with van der Waals surface area (Å²) in [7, 11) is 0. The van der Waals surface area contributed by atoms with E-state index in [0.717, 1.165) is 23.7 Å².